The molecule has 0 aliphatic carbocycles. The van der Waals surface area contributed by atoms with E-state index in [4.69, 9.17) is 5.11 Å². The fraction of sp³-hybridized carbons (Fsp3) is 0.300. The van der Waals surface area contributed by atoms with Crippen LogP contribution in [0.3, 0.4) is 0 Å². The molecule has 2 N–H and O–H groups in total. The van der Waals surface area contributed by atoms with Crippen LogP contribution in [0.1, 0.15) is 10.5 Å². The van der Waals surface area contributed by atoms with E-state index in [2.05, 4.69) is 10.3 Å². The van der Waals surface area contributed by atoms with Crippen LogP contribution >= 0.6 is 0 Å². The van der Waals surface area contributed by atoms with Gasteiger partial charge in [-0.15, -0.1) is 0 Å². The van der Waals surface area contributed by atoms with Crippen molar-refractivity contribution in [1.82, 2.24) is 10.3 Å². The Kier molecular flexibility index (Phi) is 2.72. The molecule has 1 amide bonds. The third kappa shape index (κ3) is 2.10. The average Bonchev–Trinajstić information content (AvgIpc) is 2.29. The Bertz CT molecular complexity index is 433. The van der Waals surface area contributed by atoms with Gasteiger partial charge in [0.1, 0.15) is 5.69 Å². The van der Waals surface area contributed by atoms with Crippen molar-refractivity contribution in [2.24, 2.45) is 0 Å². The number of piperazine rings is 1. The van der Waals surface area contributed by atoms with E-state index >= 15 is 0 Å². The van der Waals surface area contributed by atoms with Crippen LogP contribution < -0.4 is 10.2 Å². The molecule has 0 saturated carbocycles. The molecule has 6 heteroatoms. The molecule has 1 fully saturated rings. The van der Waals surface area contributed by atoms with E-state index in [1.807, 2.05) is 4.90 Å². The minimum Gasteiger partial charge on any atom is -0.477 e. The van der Waals surface area contributed by atoms with Crippen molar-refractivity contribution >= 4 is 17.6 Å². The molecule has 0 radical (unpaired) electrons. The lowest BCUT2D eigenvalue weighted by Gasteiger charge is -2.28. The SMILES string of the molecule is O=C1CN(c2ccnc(C(=O)O)c2)CCN1. The van der Waals surface area contributed by atoms with Gasteiger partial charge in [0, 0.05) is 25.0 Å². The van der Waals surface area contributed by atoms with Crippen molar-refractivity contribution in [2.75, 3.05) is 24.5 Å². The van der Waals surface area contributed by atoms with Gasteiger partial charge in [-0.3, -0.25) is 4.79 Å². The number of aromatic nitrogens is 1. The molecule has 1 aromatic rings. The van der Waals surface area contributed by atoms with Gasteiger partial charge < -0.3 is 15.3 Å². The highest BCUT2D eigenvalue weighted by atomic mass is 16.4. The molecule has 1 aromatic heterocycles. The minimum atomic E-state index is -1.07. The van der Waals surface area contributed by atoms with Crippen LogP contribution in [0.2, 0.25) is 0 Å². The standard InChI is InChI=1S/C10H11N3O3/c14-9-6-13(4-3-12-9)7-1-2-11-8(5-7)10(15)16/h1-2,5H,3-4,6H2,(H,12,14)(H,15,16). The number of carboxylic acid groups (broad SMARTS) is 1. The fourth-order valence-corrected chi connectivity index (χ4v) is 1.59. The average molecular weight is 221 g/mol. The molecule has 0 spiro atoms. The second-order valence-electron chi connectivity index (χ2n) is 3.48. The maximum atomic E-state index is 11.2. The van der Waals surface area contributed by atoms with Crippen LogP contribution in [0.5, 0.6) is 0 Å². The monoisotopic (exact) mass is 221 g/mol. The molecular formula is C10H11N3O3. The summed E-state index contributed by atoms with van der Waals surface area (Å²) >= 11 is 0. The smallest absolute Gasteiger partial charge is 0.354 e. The van der Waals surface area contributed by atoms with Crippen molar-refractivity contribution in [2.45, 2.75) is 0 Å². The number of amides is 1. The van der Waals surface area contributed by atoms with E-state index < -0.39 is 5.97 Å². The summed E-state index contributed by atoms with van der Waals surface area (Å²) in [4.78, 5) is 27.5. The van der Waals surface area contributed by atoms with Crippen molar-refractivity contribution in [3.63, 3.8) is 0 Å². The van der Waals surface area contributed by atoms with Gasteiger partial charge in [-0.1, -0.05) is 0 Å². The highest BCUT2D eigenvalue weighted by molar-refractivity contribution is 5.87. The summed E-state index contributed by atoms with van der Waals surface area (Å²) in [7, 11) is 0. The third-order valence-electron chi connectivity index (χ3n) is 2.37. The van der Waals surface area contributed by atoms with Crippen LogP contribution in [0.4, 0.5) is 5.69 Å². The zero-order valence-corrected chi connectivity index (χ0v) is 8.51. The highest BCUT2D eigenvalue weighted by Gasteiger charge is 2.17. The van der Waals surface area contributed by atoms with E-state index in [0.717, 1.165) is 0 Å². The van der Waals surface area contributed by atoms with Gasteiger partial charge >= 0.3 is 5.97 Å². The number of hydrogen-bond donors (Lipinski definition) is 2. The quantitative estimate of drug-likeness (QED) is 0.717. The molecule has 0 aromatic carbocycles. The Morgan fingerprint density at radius 2 is 2.38 bits per heavy atom. The normalized spacial score (nSPS) is 15.8. The Morgan fingerprint density at radius 3 is 3.06 bits per heavy atom. The number of carbonyl (C=O) groups is 2. The first-order chi connectivity index (χ1) is 7.66. The number of nitrogens with zero attached hydrogens (tertiary/aromatic N) is 2. The number of nitrogens with one attached hydrogen (secondary N) is 1. The fourth-order valence-electron chi connectivity index (χ4n) is 1.59. The van der Waals surface area contributed by atoms with E-state index in [1.165, 1.54) is 12.3 Å². The number of carbonyl (C=O) groups excluding carboxylic acids is 1. The van der Waals surface area contributed by atoms with Gasteiger partial charge in [0.05, 0.1) is 6.54 Å². The number of anilines is 1. The van der Waals surface area contributed by atoms with Crippen LogP contribution in [-0.2, 0) is 4.79 Å². The van der Waals surface area contributed by atoms with Crippen LogP contribution in [0, 0.1) is 0 Å². The summed E-state index contributed by atoms with van der Waals surface area (Å²) in [6, 6.07) is 3.17. The first kappa shape index (κ1) is 10.4. The number of pyridine rings is 1. The van der Waals surface area contributed by atoms with Crippen molar-refractivity contribution < 1.29 is 14.7 Å². The molecule has 0 unspecified atom stereocenters. The Labute approximate surface area is 91.9 Å². The largest absolute Gasteiger partial charge is 0.477 e. The van der Waals surface area contributed by atoms with Crippen molar-refractivity contribution in [3.8, 4) is 0 Å². The van der Waals surface area contributed by atoms with E-state index in [0.29, 0.717) is 18.8 Å². The molecule has 6 nitrogen and oxygen atoms in total. The van der Waals surface area contributed by atoms with Crippen molar-refractivity contribution in [1.29, 1.82) is 0 Å². The molecule has 84 valence electrons. The molecule has 1 saturated heterocycles. The van der Waals surface area contributed by atoms with Crippen LogP contribution in [-0.4, -0.2) is 41.6 Å². The zero-order valence-electron chi connectivity index (χ0n) is 8.51. The number of rotatable bonds is 2. The molecular weight excluding hydrogens is 210 g/mol. The topological polar surface area (TPSA) is 82.5 Å². The summed E-state index contributed by atoms with van der Waals surface area (Å²) in [5.41, 5.74) is 0.700. The summed E-state index contributed by atoms with van der Waals surface area (Å²) in [6.07, 6.45) is 1.44. The molecule has 1 aliphatic rings. The van der Waals surface area contributed by atoms with E-state index in [1.54, 1.807) is 6.07 Å². The van der Waals surface area contributed by atoms with E-state index in [-0.39, 0.29) is 18.1 Å². The number of aromatic carboxylic acids is 1. The zero-order chi connectivity index (χ0) is 11.5. The summed E-state index contributed by atoms with van der Waals surface area (Å²) in [5, 5.41) is 11.5. The second kappa shape index (κ2) is 4.18. The van der Waals surface area contributed by atoms with Gasteiger partial charge in [0.2, 0.25) is 5.91 Å². The summed E-state index contributed by atoms with van der Waals surface area (Å²) < 4.78 is 0. The second-order valence-corrected chi connectivity index (χ2v) is 3.48. The Hall–Kier alpha value is -2.11. The number of hydrogen-bond acceptors (Lipinski definition) is 4. The lowest BCUT2D eigenvalue weighted by molar-refractivity contribution is -0.120. The maximum Gasteiger partial charge on any atom is 0.354 e. The Morgan fingerprint density at radius 1 is 1.56 bits per heavy atom. The molecule has 16 heavy (non-hydrogen) atoms. The van der Waals surface area contributed by atoms with Gasteiger partial charge in [0.15, 0.2) is 0 Å². The highest BCUT2D eigenvalue weighted by Crippen LogP contribution is 2.15. The van der Waals surface area contributed by atoms with Gasteiger partial charge in [0.25, 0.3) is 0 Å². The number of carboxylic acids is 1. The Balaban J connectivity index is 2.22. The summed E-state index contributed by atoms with van der Waals surface area (Å²) in [6.45, 7) is 1.50. The lowest BCUT2D eigenvalue weighted by Crippen LogP contribution is -2.47. The first-order valence-corrected chi connectivity index (χ1v) is 4.88. The van der Waals surface area contributed by atoms with Gasteiger partial charge in [-0.25, -0.2) is 9.78 Å². The predicted octanol–water partition coefficient (Wildman–Crippen LogP) is -0.284. The molecule has 0 bridgehead atoms. The summed E-state index contributed by atoms with van der Waals surface area (Å²) in [5.74, 6) is -1.12. The van der Waals surface area contributed by atoms with E-state index in [9.17, 15) is 9.59 Å². The predicted molar refractivity (Wildman–Crippen MR) is 56.4 cm³/mol. The van der Waals surface area contributed by atoms with Gasteiger partial charge in [-0.05, 0) is 12.1 Å². The molecule has 2 heterocycles. The van der Waals surface area contributed by atoms with Crippen LogP contribution in [0.25, 0.3) is 0 Å². The van der Waals surface area contributed by atoms with Crippen molar-refractivity contribution in [3.05, 3.63) is 24.0 Å². The molecule has 0 atom stereocenters. The van der Waals surface area contributed by atoms with Crippen LogP contribution in [0.15, 0.2) is 18.3 Å². The molecule has 1 aliphatic heterocycles. The third-order valence-corrected chi connectivity index (χ3v) is 2.37. The molecule has 2 rings (SSSR count). The lowest BCUT2D eigenvalue weighted by atomic mass is 10.2. The maximum absolute atomic E-state index is 11.2. The minimum absolute atomic E-state index is 0.0107. The van der Waals surface area contributed by atoms with Gasteiger partial charge in [-0.2, -0.15) is 0 Å². The first-order valence-electron chi connectivity index (χ1n) is 4.88.